The van der Waals surface area contributed by atoms with Gasteiger partial charge in [0.1, 0.15) is 12.6 Å². The van der Waals surface area contributed by atoms with Crippen LogP contribution in [0.15, 0.2) is 77.3 Å². The maximum atomic E-state index is 14.0. The van der Waals surface area contributed by atoms with Crippen molar-refractivity contribution < 1.29 is 18.0 Å². The van der Waals surface area contributed by atoms with E-state index in [0.29, 0.717) is 0 Å². The van der Waals surface area contributed by atoms with Crippen LogP contribution in [-0.4, -0.2) is 50.0 Å². The summed E-state index contributed by atoms with van der Waals surface area (Å²) in [5.41, 5.74) is 1.69. The third-order valence-corrected chi connectivity index (χ3v) is 7.97. The lowest BCUT2D eigenvalue weighted by Gasteiger charge is -2.34. The Morgan fingerprint density at radius 3 is 2.23 bits per heavy atom. The van der Waals surface area contributed by atoms with Crippen molar-refractivity contribution in [3.05, 3.63) is 98.4 Å². The van der Waals surface area contributed by atoms with E-state index in [1.54, 1.807) is 0 Å². The average molecular weight is 655 g/mol. The molecule has 0 unspecified atom stereocenters. The zero-order chi connectivity index (χ0) is 28.7. The highest BCUT2D eigenvalue weighted by Crippen LogP contribution is 2.31. The second kappa shape index (κ2) is 13.7. The molecular weight excluding hydrogens is 625 g/mol. The highest BCUT2D eigenvalue weighted by molar-refractivity contribution is 9.10. The van der Waals surface area contributed by atoms with Crippen molar-refractivity contribution in [3.8, 4) is 0 Å². The summed E-state index contributed by atoms with van der Waals surface area (Å²) in [7, 11) is -3.95. The minimum atomic E-state index is -3.95. The number of anilines is 1. The number of hydrogen-bond acceptors (Lipinski definition) is 4. The molecule has 1 atom stereocenters. The molecule has 3 rings (SSSR count). The van der Waals surface area contributed by atoms with Crippen LogP contribution < -0.4 is 9.62 Å². The van der Waals surface area contributed by atoms with E-state index < -0.39 is 28.5 Å². The Kier molecular flexibility index (Phi) is 10.8. The van der Waals surface area contributed by atoms with Crippen molar-refractivity contribution >= 4 is 66.7 Å². The quantitative estimate of drug-likeness (QED) is 0.288. The van der Waals surface area contributed by atoms with Crippen molar-refractivity contribution in [1.82, 2.24) is 10.2 Å². The van der Waals surface area contributed by atoms with Crippen molar-refractivity contribution in [2.45, 2.75) is 38.9 Å². The standard InChI is InChI=1S/C28H30BrCl2N3O4S/c1-19(2)32-28(36)26(15-20-8-5-4-6-9-20)33(17-21-10-7-11-22(29)14-21)27(35)18-34(39(3,37)38)25-16-23(30)12-13-24(25)31/h4-14,16,19,26H,15,17-18H2,1-3H3,(H,32,36)/t26-/m1/s1. The molecule has 0 saturated heterocycles. The minimum Gasteiger partial charge on any atom is -0.352 e. The summed E-state index contributed by atoms with van der Waals surface area (Å²) in [6.45, 7) is 3.17. The van der Waals surface area contributed by atoms with Crippen molar-refractivity contribution in [3.63, 3.8) is 0 Å². The number of halogens is 3. The van der Waals surface area contributed by atoms with E-state index in [9.17, 15) is 18.0 Å². The Labute approximate surface area is 248 Å². The topological polar surface area (TPSA) is 86.8 Å². The smallest absolute Gasteiger partial charge is 0.244 e. The van der Waals surface area contributed by atoms with E-state index in [2.05, 4.69) is 21.2 Å². The number of amides is 2. The number of carbonyl (C=O) groups is 2. The highest BCUT2D eigenvalue weighted by Gasteiger charge is 2.33. The molecule has 0 aliphatic rings. The SMILES string of the molecule is CC(C)NC(=O)[C@@H](Cc1ccccc1)N(Cc1cccc(Br)c1)C(=O)CN(c1cc(Cl)ccc1Cl)S(C)(=O)=O. The van der Waals surface area contributed by atoms with Crippen LogP contribution in [-0.2, 0) is 32.6 Å². The number of rotatable bonds is 11. The molecule has 11 heteroatoms. The fourth-order valence-electron chi connectivity index (χ4n) is 4.04. The average Bonchev–Trinajstić information content (AvgIpc) is 2.85. The maximum Gasteiger partial charge on any atom is 0.244 e. The van der Waals surface area contributed by atoms with E-state index >= 15 is 0 Å². The van der Waals surface area contributed by atoms with E-state index in [4.69, 9.17) is 23.2 Å². The molecule has 2 amide bonds. The number of hydrogen-bond donors (Lipinski definition) is 1. The summed E-state index contributed by atoms with van der Waals surface area (Å²) in [6.07, 6.45) is 1.22. The summed E-state index contributed by atoms with van der Waals surface area (Å²) in [5, 5.41) is 3.30. The number of carbonyl (C=O) groups excluding carboxylic acids is 2. The first kappa shape index (κ1) is 30.9. The molecule has 0 spiro atoms. The van der Waals surface area contributed by atoms with Crippen LogP contribution in [0.4, 0.5) is 5.69 Å². The number of nitrogens with one attached hydrogen (secondary N) is 1. The van der Waals surface area contributed by atoms with Gasteiger partial charge in [-0.2, -0.15) is 0 Å². The molecule has 0 aromatic heterocycles. The van der Waals surface area contributed by atoms with Gasteiger partial charge in [-0.15, -0.1) is 0 Å². The van der Waals surface area contributed by atoms with Crippen molar-refractivity contribution in [2.75, 3.05) is 17.1 Å². The lowest BCUT2D eigenvalue weighted by Crippen LogP contribution is -2.54. The van der Waals surface area contributed by atoms with Crippen molar-refractivity contribution in [2.24, 2.45) is 0 Å². The van der Waals surface area contributed by atoms with Crippen LogP contribution in [0.5, 0.6) is 0 Å². The van der Waals surface area contributed by atoms with Gasteiger partial charge in [0, 0.05) is 28.5 Å². The van der Waals surface area contributed by atoms with Crippen LogP contribution in [0.3, 0.4) is 0 Å². The molecule has 3 aromatic rings. The summed E-state index contributed by atoms with van der Waals surface area (Å²) >= 11 is 15.9. The van der Waals surface area contributed by atoms with Gasteiger partial charge in [0.15, 0.2) is 0 Å². The fourth-order valence-corrected chi connectivity index (χ4v) is 5.77. The Morgan fingerprint density at radius 1 is 0.949 bits per heavy atom. The Morgan fingerprint density at radius 2 is 1.62 bits per heavy atom. The van der Waals surface area contributed by atoms with Gasteiger partial charge in [0.25, 0.3) is 0 Å². The molecule has 0 heterocycles. The number of sulfonamides is 1. The van der Waals surface area contributed by atoms with Gasteiger partial charge < -0.3 is 10.2 Å². The van der Waals surface area contributed by atoms with E-state index in [1.165, 1.54) is 23.1 Å². The first-order valence-corrected chi connectivity index (χ1v) is 15.6. The molecule has 0 aliphatic carbocycles. The van der Waals surface area contributed by atoms with E-state index in [0.717, 1.165) is 26.2 Å². The monoisotopic (exact) mass is 653 g/mol. The molecule has 0 fully saturated rings. The molecule has 0 saturated carbocycles. The highest BCUT2D eigenvalue weighted by atomic mass is 79.9. The zero-order valence-corrected chi connectivity index (χ0v) is 25.7. The third-order valence-electron chi connectivity index (χ3n) is 5.80. The van der Waals surface area contributed by atoms with E-state index in [-0.39, 0.29) is 40.6 Å². The molecular formula is C28H30BrCl2N3O4S. The predicted octanol–water partition coefficient (Wildman–Crippen LogP) is 5.69. The molecule has 0 radical (unpaired) electrons. The van der Waals surface area contributed by atoms with Crippen LogP contribution in [0.2, 0.25) is 10.0 Å². The first-order chi connectivity index (χ1) is 18.3. The molecule has 1 N–H and O–H groups in total. The number of benzene rings is 3. The molecule has 0 bridgehead atoms. The minimum absolute atomic E-state index is 0.0716. The van der Waals surface area contributed by atoms with Gasteiger partial charge in [0.2, 0.25) is 21.8 Å². The second-order valence-corrected chi connectivity index (χ2v) is 13.1. The van der Waals surface area contributed by atoms with Crippen LogP contribution >= 0.6 is 39.1 Å². The lowest BCUT2D eigenvalue weighted by atomic mass is 10.0. The number of nitrogens with zero attached hydrogens (tertiary/aromatic N) is 2. The van der Waals surface area contributed by atoms with Gasteiger partial charge in [-0.05, 0) is 55.3 Å². The van der Waals surface area contributed by atoms with Gasteiger partial charge in [-0.25, -0.2) is 8.42 Å². The Bertz CT molecular complexity index is 1420. The van der Waals surface area contributed by atoms with Crippen LogP contribution in [0, 0.1) is 0 Å². The summed E-state index contributed by atoms with van der Waals surface area (Å²) in [6, 6.07) is 20.0. The van der Waals surface area contributed by atoms with Crippen LogP contribution in [0.1, 0.15) is 25.0 Å². The first-order valence-electron chi connectivity index (χ1n) is 12.2. The molecule has 7 nitrogen and oxygen atoms in total. The molecule has 3 aromatic carbocycles. The molecule has 0 aliphatic heterocycles. The summed E-state index contributed by atoms with van der Waals surface area (Å²) in [5.74, 6) is -0.917. The summed E-state index contributed by atoms with van der Waals surface area (Å²) < 4.78 is 27.5. The summed E-state index contributed by atoms with van der Waals surface area (Å²) in [4.78, 5) is 29.0. The largest absolute Gasteiger partial charge is 0.352 e. The van der Waals surface area contributed by atoms with Gasteiger partial charge >= 0.3 is 0 Å². The normalized spacial score (nSPS) is 12.2. The predicted molar refractivity (Wildman–Crippen MR) is 161 cm³/mol. The lowest BCUT2D eigenvalue weighted by molar-refractivity contribution is -0.140. The third kappa shape index (κ3) is 8.96. The van der Waals surface area contributed by atoms with Gasteiger partial charge in [-0.3, -0.25) is 13.9 Å². The zero-order valence-electron chi connectivity index (χ0n) is 21.8. The van der Waals surface area contributed by atoms with Crippen LogP contribution in [0.25, 0.3) is 0 Å². The van der Waals surface area contributed by atoms with E-state index in [1.807, 2.05) is 68.4 Å². The van der Waals surface area contributed by atoms with Gasteiger partial charge in [-0.1, -0.05) is 81.6 Å². The Hall–Kier alpha value is -2.59. The maximum absolute atomic E-state index is 14.0. The van der Waals surface area contributed by atoms with Crippen molar-refractivity contribution in [1.29, 1.82) is 0 Å². The van der Waals surface area contributed by atoms with Gasteiger partial charge in [0.05, 0.1) is 17.0 Å². The molecule has 208 valence electrons. The second-order valence-electron chi connectivity index (χ2n) is 9.39. The molecule has 39 heavy (non-hydrogen) atoms. The fraction of sp³-hybridized carbons (Fsp3) is 0.286. The Balaban J connectivity index is 2.08.